The van der Waals surface area contributed by atoms with Gasteiger partial charge in [-0.1, -0.05) is 49.6 Å². The van der Waals surface area contributed by atoms with Crippen molar-refractivity contribution in [3.8, 4) is 5.75 Å². The van der Waals surface area contributed by atoms with Crippen LogP contribution in [0.15, 0.2) is 42.5 Å². The average Bonchev–Trinajstić information content (AvgIpc) is 2.59. The number of benzene rings is 2. The van der Waals surface area contributed by atoms with Crippen LogP contribution in [0.3, 0.4) is 0 Å². The number of rotatable bonds is 7. The van der Waals surface area contributed by atoms with Crippen molar-refractivity contribution in [1.29, 1.82) is 0 Å². The summed E-state index contributed by atoms with van der Waals surface area (Å²) in [6.45, 7) is 1.94. The van der Waals surface area contributed by atoms with Gasteiger partial charge in [-0.15, -0.1) is 0 Å². The summed E-state index contributed by atoms with van der Waals surface area (Å²) < 4.78 is 5.88. The topological polar surface area (TPSA) is 21.3 Å². The molecule has 0 heterocycles. The average molecular weight is 297 g/mol. The minimum absolute atomic E-state index is 0.773. The molecule has 0 saturated heterocycles. The Morgan fingerprint density at radius 3 is 2.59 bits per heavy atom. The third kappa shape index (κ3) is 4.48. The van der Waals surface area contributed by atoms with E-state index >= 15 is 0 Å². The lowest BCUT2D eigenvalue weighted by atomic mass is 9.95. The summed E-state index contributed by atoms with van der Waals surface area (Å²) in [4.78, 5) is 0. The summed E-state index contributed by atoms with van der Waals surface area (Å²) in [5.74, 6) is 0.985. The van der Waals surface area contributed by atoms with Crippen molar-refractivity contribution in [3.05, 3.63) is 42.5 Å². The quantitative estimate of drug-likeness (QED) is 0.732. The first kappa shape index (κ1) is 15.4. The fraction of sp³-hybridized carbons (Fsp3) is 0.500. The molecule has 0 unspecified atom stereocenters. The van der Waals surface area contributed by atoms with Gasteiger partial charge in [0.2, 0.25) is 0 Å². The molecule has 1 N–H and O–H groups in total. The highest BCUT2D eigenvalue weighted by Crippen LogP contribution is 2.21. The SMILES string of the molecule is c1ccc2cc(OCCCCNC3CCCCC3)ccc2c1. The van der Waals surface area contributed by atoms with Gasteiger partial charge in [0.25, 0.3) is 0 Å². The Labute approximate surface area is 133 Å². The third-order valence-electron chi connectivity index (χ3n) is 4.60. The summed E-state index contributed by atoms with van der Waals surface area (Å²) in [5.41, 5.74) is 0. The first-order valence-corrected chi connectivity index (χ1v) is 8.77. The van der Waals surface area contributed by atoms with Crippen LogP contribution in [0.5, 0.6) is 5.75 Å². The molecular weight excluding hydrogens is 270 g/mol. The maximum absolute atomic E-state index is 5.88. The minimum atomic E-state index is 0.773. The van der Waals surface area contributed by atoms with E-state index in [1.54, 1.807) is 0 Å². The van der Waals surface area contributed by atoms with Crippen molar-refractivity contribution in [2.45, 2.75) is 51.0 Å². The maximum atomic E-state index is 5.88. The number of nitrogens with one attached hydrogen (secondary N) is 1. The van der Waals surface area contributed by atoms with E-state index in [2.05, 4.69) is 47.8 Å². The van der Waals surface area contributed by atoms with E-state index in [1.807, 2.05) is 0 Å². The Hall–Kier alpha value is -1.54. The number of ether oxygens (including phenoxy) is 1. The Morgan fingerprint density at radius 2 is 1.73 bits per heavy atom. The molecule has 2 nitrogen and oxygen atoms in total. The first-order valence-electron chi connectivity index (χ1n) is 8.77. The standard InChI is InChI=1S/C20H27NO/c1-2-10-19(11-3-1)21-14-6-7-15-22-20-13-12-17-8-4-5-9-18(17)16-20/h4-5,8-9,12-13,16,19,21H,1-3,6-7,10-11,14-15H2. The molecular formula is C20H27NO. The van der Waals surface area contributed by atoms with Gasteiger partial charge in [-0.05, 0) is 55.1 Å². The van der Waals surface area contributed by atoms with Gasteiger partial charge in [0.15, 0.2) is 0 Å². The summed E-state index contributed by atoms with van der Waals surface area (Å²) in [7, 11) is 0. The van der Waals surface area contributed by atoms with Crippen LogP contribution in [-0.2, 0) is 0 Å². The summed E-state index contributed by atoms with van der Waals surface area (Å²) >= 11 is 0. The molecule has 0 aromatic heterocycles. The van der Waals surface area contributed by atoms with Crippen LogP contribution in [0, 0.1) is 0 Å². The van der Waals surface area contributed by atoms with E-state index < -0.39 is 0 Å². The van der Waals surface area contributed by atoms with Crippen LogP contribution in [0.4, 0.5) is 0 Å². The molecule has 1 aliphatic carbocycles. The van der Waals surface area contributed by atoms with E-state index in [9.17, 15) is 0 Å². The Morgan fingerprint density at radius 1 is 0.909 bits per heavy atom. The first-order chi connectivity index (χ1) is 10.9. The van der Waals surface area contributed by atoms with Crippen molar-refractivity contribution in [2.24, 2.45) is 0 Å². The highest BCUT2D eigenvalue weighted by atomic mass is 16.5. The van der Waals surface area contributed by atoms with Gasteiger partial charge in [0.05, 0.1) is 6.61 Å². The molecule has 0 radical (unpaired) electrons. The van der Waals surface area contributed by atoms with Crippen LogP contribution in [0.1, 0.15) is 44.9 Å². The lowest BCUT2D eigenvalue weighted by molar-refractivity contribution is 0.301. The van der Waals surface area contributed by atoms with Crippen LogP contribution >= 0.6 is 0 Å². The summed E-state index contributed by atoms with van der Waals surface area (Å²) in [6, 6.07) is 15.5. The molecule has 1 fully saturated rings. The van der Waals surface area contributed by atoms with E-state index in [0.717, 1.165) is 31.4 Å². The molecule has 22 heavy (non-hydrogen) atoms. The Kier molecular flexibility index (Phi) is 5.72. The molecule has 0 aliphatic heterocycles. The molecule has 2 aromatic rings. The van der Waals surface area contributed by atoms with Crippen molar-refractivity contribution in [3.63, 3.8) is 0 Å². The fourth-order valence-corrected chi connectivity index (χ4v) is 3.29. The van der Waals surface area contributed by atoms with Gasteiger partial charge in [-0.25, -0.2) is 0 Å². The molecule has 118 valence electrons. The van der Waals surface area contributed by atoms with E-state index in [-0.39, 0.29) is 0 Å². The van der Waals surface area contributed by atoms with Gasteiger partial charge in [-0.3, -0.25) is 0 Å². The predicted molar refractivity (Wildman–Crippen MR) is 93.6 cm³/mol. The number of fused-ring (bicyclic) bond motifs is 1. The number of hydrogen-bond donors (Lipinski definition) is 1. The zero-order valence-electron chi connectivity index (χ0n) is 13.4. The summed E-state index contributed by atoms with van der Waals surface area (Å²) in [5, 5.41) is 6.21. The van der Waals surface area contributed by atoms with Crippen molar-refractivity contribution < 1.29 is 4.74 Å². The van der Waals surface area contributed by atoms with Gasteiger partial charge in [0, 0.05) is 6.04 Å². The normalized spacial score (nSPS) is 16.0. The highest BCUT2D eigenvalue weighted by Gasteiger charge is 2.11. The Balaban J connectivity index is 1.33. The lowest BCUT2D eigenvalue weighted by Gasteiger charge is -2.22. The fourth-order valence-electron chi connectivity index (χ4n) is 3.29. The molecule has 0 spiro atoms. The predicted octanol–water partition coefficient (Wildman–Crippen LogP) is 4.92. The van der Waals surface area contributed by atoms with E-state index in [1.165, 1.54) is 49.3 Å². The van der Waals surface area contributed by atoms with Gasteiger partial charge in [0.1, 0.15) is 5.75 Å². The second kappa shape index (κ2) is 8.19. The molecule has 2 heteroatoms. The zero-order chi connectivity index (χ0) is 15.0. The number of unbranched alkanes of at least 4 members (excludes halogenated alkanes) is 1. The molecule has 0 atom stereocenters. The smallest absolute Gasteiger partial charge is 0.119 e. The largest absolute Gasteiger partial charge is 0.494 e. The van der Waals surface area contributed by atoms with E-state index in [0.29, 0.717) is 0 Å². The zero-order valence-corrected chi connectivity index (χ0v) is 13.4. The molecule has 3 rings (SSSR count). The van der Waals surface area contributed by atoms with Gasteiger partial charge < -0.3 is 10.1 Å². The van der Waals surface area contributed by atoms with Crippen molar-refractivity contribution in [2.75, 3.05) is 13.2 Å². The third-order valence-corrected chi connectivity index (χ3v) is 4.60. The van der Waals surface area contributed by atoms with Gasteiger partial charge >= 0.3 is 0 Å². The van der Waals surface area contributed by atoms with Crippen LogP contribution in [0.2, 0.25) is 0 Å². The number of hydrogen-bond acceptors (Lipinski definition) is 2. The second-order valence-corrected chi connectivity index (χ2v) is 6.35. The van der Waals surface area contributed by atoms with Crippen molar-refractivity contribution in [1.82, 2.24) is 5.32 Å². The summed E-state index contributed by atoms with van der Waals surface area (Å²) in [6.07, 6.45) is 9.29. The van der Waals surface area contributed by atoms with Crippen LogP contribution < -0.4 is 10.1 Å². The second-order valence-electron chi connectivity index (χ2n) is 6.35. The van der Waals surface area contributed by atoms with Crippen molar-refractivity contribution >= 4 is 10.8 Å². The molecule has 0 amide bonds. The molecule has 0 bridgehead atoms. The minimum Gasteiger partial charge on any atom is -0.494 e. The van der Waals surface area contributed by atoms with E-state index in [4.69, 9.17) is 4.74 Å². The maximum Gasteiger partial charge on any atom is 0.119 e. The van der Waals surface area contributed by atoms with Gasteiger partial charge in [-0.2, -0.15) is 0 Å². The monoisotopic (exact) mass is 297 g/mol. The Bertz CT molecular complexity index is 575. The van der Waals surface area contributed by atoms with Crippen LogP contribution in [-0.4, -0.2) is 19.2 Å². The molecule has 2 aromatic carbocycles. The molecule has 1 aliphatic rings. The van der Waals surface area contributed by atoms with Crippen LogP contribution in [0.25, 0.3) is 10.8 Å². The molecule has 1 saturated carbocycles. The lowest BCUT2D eigenvalue weighted by Crippen LogP contribution is -2.31. The highest BCUT2D eigenvalue weighted by molar-refractivity contribution is 5.83.